The Balaban J connectivity index is 2.01. The lowest BCUT2D eigenvalue weighted by atomic mass is 9.95. The minimum Gasteiger partial charge on any atom is -0.466 e. The van der Waals surface area contributed by atoms with Crippen LogP contribution in [0.2, 0.25) is 0 Å². The van der Waals surface area contributed by atoms with Gasteiger partial charge in [-0.1, -0.05) is 19.3 Å². The summed E-state index contributed by atoms with van der Waals surface area (Å²) in [4.78, 5) is 22.6. The molecule has 1 saturated carbocycles. The molecule has 1 fully saturated rings. The predicted octanol–water partition coefficient (Wildman–Crippen LogP) is 0.978. The van der Waals surface area contributed by atoms with Crippen LogP contribution in [0, 0.1) is 0 Å². The van der Waals surface area contributed by atoms with Crippen molar-refractivity contribution in [3.05, 3.63) is 0 Å². The van der Waals surface area contributed by atoms with Gasteiger partial charge in [0, 0.05) is 12.6 Å². The second kappa shape index (κ2) is 8.91. The molecule has 0 saturated heterocycles. The summed E-state index contributed by atoms with van der Waals surface area (Å²) >= 11 is 0. The largest absolute Gasteiger partial charge is 0.466 e. The summed E-state index contributed by atoms with van der Waals surface area (Å²) in [5.41, 5.74) is 0. The van der Waals surface area contributed by atoms with Crippen LogP contribution in [-0.4, -0.2) is 37.6 Å². The Labute approximate surface area is 109 Å². The predicted molar refractivity (Wildman–Crippen MR) is 69.1 cm³/mol. The zero-order valence-corrected chi connectivity index (χ0v) is 11.2. The average Bonchev–Trinajstić information content (AvgIpc) is 2.36. The molecule has 0 spiro atoms. The Hall–Kier alpha value is -1.10. The van der Waals surface area contributed by atoms with Crippen LogP contribution in [0.15, 0.2) is 0 Å². The number of amides is 1. The summed E-state index contributed by atoms with van der Waals surface area (Å²) in [6, 6.07) is 0.345. The molecule has 5 nitrogen and oxygen atoms in total. The summed E-state index contributed by atoms with van der Waals surface area (Å²) in [7, 11) is 0. The lowest BCUT2D eigenvalue weighted by Crippen LogP contribution is -2.41. The standard InChI is InChI=1S/C13H24N2O3/c1-2-18-13(17)8-9-14-10-12(16)15-11-6-4-3-5-7-11/h11,14H,2-10H2,1H3,(H,15,16). The number of carbonyl (C=O) groups excluding carboxylic acids is 2. The number of nitrogens with one attached hydrogen (secondary N) is 2. The molecule has 1 aliphatic carbocycles. The molecule has 0 aliphatic heterocycles. The Bertz CT molecular complexity index is 263. The van der Waals surface area contributed by atoms with Crippen LogP contribution >= 0.6 is 0 Å². The number of carbonyl (C=O) groups is 2. The zero-order valence-electron chi connectivity index (χ0n) is 11.2. The summed E-state index contributed by atoms with van der Waals surface area (Å²) in [5.74, 6) is -0.205. The van der Waals surface area contributed by atoms with Crippen molar-refractivity contribution in [1.29, 1.82) is 0 Å². The highest BCUT2D eigenvalue weighted by Gasteiger charge is 2.15. The maximum absolute atomic E-state index is 11.6. The van der Waals surface area contributed by atoms with E-state index in [-0.39, 0.29) is 18.4 Å². The van der Waals surface area contributed by atoms with Crippen molar-refractivity contribution in [3.63, 3.8) is 0 Å². The van der Waals surface area contributed by atoms with Crippen LogP contribution in [0.3, 0.4) is 0 Å². The number of rotatable bonds is 7. The molecule has 5 heteroatoms. The van der Waals surface area contributed by atoms with E-state index in [1.54, 1.807) is 6.92 Å². The van der Waals surface area contributed by atoms with Gasteiger partial charge in [-0.05, 0) is 19.8 Å². The van der Waals surface area contributed by atoms with Gasteiger partial charge in [0.2, 0.25) is 5.91 Å². The molecule has 1 aliphatic rings. The van der Waals surface area contributed by atoms with Gasteiger partial charge in [0.25, 0.3) is 0 Å². The Morgan fingerprint density at radius 2 is 1.94 bits per heavy atom. The van der Waals surface area contributed by atoms with Crippen molar-refractivity contribution in [3.8, 4) is 0 Å². The number of hydrogen-bond acceptors (Lipinski definition) is 4. The maximum atomic E-state index is 11.6. The first-order valence-corrected chi connectivity index (χ1v) is 6.88. The van der Waals surface area contributed by atoms with Gasteiger partial charge in [0.05, 0.1) is 19.6 Å². The van der Waals surface area contributed by atoms with E-state index in [1.165, 1.54) is 19.3 Å². The van der Waals surface area contributed by atoms with Gasteiger partial charge in [-0.25, -0.2) is 0 Å². The summed E-state index contributed by atoms with van der Waals surface area (Å²) < 4.78 is 4.79. The van der Waals surface area contributed by atoms with Gasteiger partial charge in [-0.3, -0.25) is 9.59 Å². The molecule has 2 N–H and O–H groups in total. The number of hydrogen-bond donors (Lipinski definition) is 2. The molecule has 0 aromatic carbocycles. The summed E-state index contributed by atoms with van der Waals surface area (Å²) in [5, 5.41) is 5.97. The third-order valence-corrected chi connectivity index (χ3v) is 3.07. The molecule has 0 bridgehead atoms. The van der Waals surface area contributed by atoms with Gasteiger partial charge in [-0.2, -0.15) is 0 Å². The van der Waals surface area contributed by atoms with E-state index in [2.05, 4.69) is 10.6 Å². The second-order valence-corrected chi connectivity index (χ2v) is 4.63. The minimum atomic E-state index is -0.224. The van der Waals surface area contributed by atoms with E-state index in [9.17, 15) is 9.59 Å². The van der Waals surface area contributed by atoms with Gasteiger partial charge in [0.1, 0.15) is 0 Å². The van der Waals surface area contributed by atoms with E-state index in [0.717, 1.165) is 12.8 Å². The molecule has 18 heavy (non-hydrogen) atoms. The van der Waals surface area contributed by atoms with Crippen molar-refractivity contribution in [2.75, 3.05) is 19.7 Å². The van der Waals surface area contributed by atoms with E-state index >= 15 is 0 Å². The molecule has 0 unspecified atom stereocenters. The fraction of sp³-hybridized carbons (Fsp3) is 0.846. The molecule has 104 valence electrons. The Morgan fingerprint density at radius 3 is 2.61 bits per heavy atom. The first kappa shape index (κ1) is 15.0. The van der Waals surface area contributed by atoms with Gasteiger partial charge in [0.15, 0.2) is 0 Å². The molecule has 1 amide bonds. The third kappa shape index (κ3) is 6.59. The van der Waals surface area contributed by atoms with Gasteiger partial charge < -0.3 is 15.4 Å². The van der Waals surface area contributed by atoms with Crippen LogP contribution in [0.4, 0.5) is 0 Å². The minimum absolute atomic E-state index is 0.0192. The normalized spacial score (nSPS) is 16.3. The van der Waals surface area contributed by atoms with Gasteiger partial charge >= 0.3 is 5.97 Å². The SMILES string of the molecule is CCOC(=O)CCNCC(=O)NC1CCCCC1. The molecule has 0 heterocycles. The number of ether oxygens (including phenoxy) is 1. The van der Waals surface area contributed by atoms with Crippen molar-refractivity contribution >= 4 is 11.9 Å². The quantitative estimate of drug-likeness (QED) is 0.526. The second-order valence-electron chi connectivity index (χ2n) is 4.63. The zero-order chi connectivity index (χ0) is 13.2. The van der Waals surface area contributed by atoms with E-state index in [0.29, 0.717) is 25.6 Å². The van der Waals surface area contributed by atoms with Crippen LogP contribution in [-0.2, 0) is 14.3 Å². The fourth-order valence-electron chi connectivity index (χ4n) is 2.15. The van der Waals surface area contributed by atoms with Crippen molar-refractivity contribution in [2.45, 2.75) is 51.5 Å². The molecule has 0 aromatic heterocycles. The first-order valence-electron chi connectivity index (χ1n) is 6.88. The lowest BCUT2D eigenvalue weighted by Gasteiger charge is -2.22. The van der Waals surface area contributed by atoms with E-state index in [4.69, 9.17) is 4.74 Å². The molecular weight excluding hydrogens is 232 g/mol. The third-order valence-electron chi connectivity index (χ3n) is 3.07. The lowest BCUT2D eigenvalue weighted by molar-refractivity contribution is -0.143. The summed E-state index contributed by atoms with van der Waals surface area (Å²) in [6.45, 7) is 2.94. The average molecular weight is 256 g/mol. The van der Waals surface area contributed by atoms with Crippen molar-refractivity contribution < 1.29 is 14.3 Å². The molecule has 0 atom stereocenters. The molecule has 1 rings (SSSR count). The Kier molecular flexibility index (Phi) is 7.41. The smallest absolute Gasteiger partial charge is 0.307 e. The number of esters is 1. The van der Waals surface area contributed by atoms with Gasteiger partial charge in [-0.15, -0.1) is 0 Å². The highest BCUT2D eigenvalue weighted by Crippen LogP contribution is 2.16. The molecular formula is C13H24N2O3. The highest BCUT2D eigenvalue weighted by molar-refractivity contribution is 5.78. The van der Waals surface area contributed by atoms with E-state index in [1.807, 2.05) is 0 Å². The maximum Gasteiger partial charge on any atom is 0.307 e. The molecule has 0 aromatic rings. The van der Waals surface area contributed by atoms with E-state index < -0.39 is 0 Å². The molecule has 0 radical (unpaired) electrons. The van der Waals surface area contributed by atoms with Crippen LogP contribution in [0.1, 0.15) is 45.4 Å². The topological polar surface area (TPSA) is 67.4 Å². The first-order chi connectivity index (χ1) is 8.72. The van der Waals surface area contributed by atoms with Crippen LogP contribution in [0.25, 0.3) is 0 Å². The van der Waals surface area contributed by atoms with Crippen molar-refractivity contribution in [1.82, 2.24) is 10.6 Å². The van der Waals surface area contributed by atoms with Crippen molar-refractivity contribution in [2.24, 2.45) is 0 Å². The monoisotopic (exact) mass is 256 g/mol. The Morgan fingerprint density at radius 1 is 1.22 bits per heavy atom. The highest BCUT2D eigenvalue weighted by atomic mass is 16.5. The van der Waals surface area contributed by atoms with Crippen LogP contribution < -0.4 is 10.6 Å². The van der Waals surface area contributed by atoms with Crippen LogP contribution in [0.5, 0.6) is 0 Å². The summed E-state index contributed by atoms with van der Waals surface area (Å²) in [6.07, 6.45) is 6.19. The fourth-order valence-corrected chi connectivity index (χ4v) is 2.15.